The van der Waals surface area contributed by atoms with Crippen LogP contribution in [0.5, 0.6) is 0 Å². The monoisotopic (exact) mass is 536 g/mol. The molecule has 0 bridgehead atoms. The molecule has 4 aromatic carbocycles. The first-order valence-corrected chi connectivity index (χ1v) is 14.2. The molecule has 2 heterocycles. The number of pyridine rings is 2. The van der Waals surface area contributed by atoms with E-state index in [1.165, 1.54) is 55.7 Å². The van der Waals surface area contributed by atoms with Gasteiger partial charge in [0.1, 0.15) is 0 Å². The second-order valence-electron chi connectivity index (χ2n) is 10.2. The fraction of sp³-hybridized carbons (Fsp3) is 0. The van der Waals surface area contributed by atoms with Crippen molar-refractivity contribution in [3.63, 3.8) is 0 Å². The molecule has 6 aromatic rings. The minimum Gasteiger partial charge on any atom is -0.264 e. The molecular formula is C40H28N2. The third-order valence-corrected chi connectivity index (χ3v) is 7.65. The summed E-state index contributed by atoms with van der Waals surface area (Å²) in [6.45, 7) is 0. The van der Waals surface area contributed by atoms with Crippen LogP contribution in [0.15, 0.2) is 182 Å². The van der Waals surface area contributed by atoms with E-state index in [2.05, 4.69) is 143 Å². The van der Waals surface area contributed by atoms with E-state index < -0.39 is 0 Å². The maximum Gasteiger partial charge on any atom is 0.0346 e. The standard InChI is InChI=1S/C40H28N2/c1-5-15-29(16-6-1)35(30-17-7-2-8-18-30)39-37(33-23-13-25-41-27-33)38(34-24-14-26-42-28-34)40(39)36(31-19-9-3-10-20-31)32-21-11-4-12-22-32/h1-28H. The number of rotatable bonds is 6. The lowest BCUT2D eigenvalue weighted by atomic mass is 9.65. The van der Waals surface area contributed by atoms with Crippen LogP contribution in [0.1, 0.15) is 33.4 Å². The minimum atomic E-state index is 1.08. The Kier molecular flexibility index (Phi) is 6.94. The lowest BCUT2D eigenvalue weighted by molar-refractivity contribution is 1.27. The molecule has 0 N–H and O–H groups in total. The van der Waals surface area contributed by atoms with E-state index >= 15 is 0 Å². The van der Waals surface area contributed by atoms with Crippen LogP contribution in [-0.4, -0.2) is 9.97 Å². The highest BCUT2D eigenvalue weighted by Crippen LogP contribution is 2.57. The zero-order valence-corrected chi connectivity index (χ0v) is 23.1. The van der Waals surface area contributed by atoms with Crippen LogP contribution >= 0.6 is 0 Å². The highest BCUT2D eigenvalue weighted by molar-refractivity contribution is 6.26. The van der Waals surface area contributed by atoms with Crippen molar-refractivity contribution in [3.05, 3.63) is 215 Å². The Hall–Kier alpha value is -5.60. The molecule has 42 heavy (non-hydrogen) atoms. The van der Waals surface area contributed by atoms with E-state index in [0.29, 0.717) is 0 Å². The van der Waals surface area contributed by atoms with Crippen LogP contribution in [0.3, 0.4) is 0 Å². The summed E-state index contributed by atoms with van der Waals surface area (Å²) in [4.78, 5) is 9.11. The molecule has 0 aliphatic heterocycles. The summed E-state index contributed by atoms with van der Waals surface area (Å²) < 4.78 is 0. The molecule has 1 aliphatic rings. The molecule has 7 rings (SSSR count). The lowest BCUT2D eigenvalue weighted by Gasteiger charge is -2.37. The van der Waals surface area contributed by atoms with E-state index in [0.717, 1.165) is 11.1 Å². The molecule has 0 saturated heterocycles. The van der Waals surface area contributed by atoms with Gasteiger partial charge in [-0.05, 0) is 56.7 Å². The Morgan fingerprint density at radius 1 is 0.333 bits per heavy atom. The predicted octanol–water partition coefficient (Wildman–Crippen LogP) is 9.41. The van der Waals surface area contributed by atoms with Gasteiger partial charge in [0, 0.05) is 47.1 Å². The Balaban J connectivity index is 1.71. The first-order valence-electron chi connectivity index (χ1n) is 14.2. The molecule has 2 heteroatoms. The molecule has 0 fully saturated rings. The van der Waals surface area contributed by atoms with Crippen LogP contribution in [-0.2, 0) is 0 Å². The van der Waals surface area contributed by atoms with Crippen molar-refractivity contribution in [2.75, 3.05) is 0 Å². The second kappa shape index (κ2) is 11.5. The number of nitrogens with zero attached hydrogens (tertiary/aromatic N) is 2. The maximum atomic E-state index is 4.55. The largest absolute Gasteiger partial charge is 0.264 e. The van der Waals surface area contributed by atoms with E-state index in [1.807, 2.05) is 36.9 Å². The highest BCUT2D eigenvalue weighted by atomic mass is 14.6. The van der Waals surface area contributed by atoms with Crippen molar-refractivity contribution in [1.29, 1.82) is 0 Å². The van der Waals surface area contributed by atoms with Gasteiger partial charge in [-0.3, -0.25) is 9.97 Å². The lowest BCUT2D eigenvalue weighted by Crippen LogP contribution is -2.17. The zero-order valence-electron chi connectivity index (χ0n) is 23.1. The number of hydrogen-bond acceptors (Lipinski definition) is 2. The van der Waals surface area contributed by atoms with Gasteiger partial charge in [-0.1, -0.05) is 133 Å². The van der Waals surface area contributed by atoms with Gasteiger partial charge in [-0.2, -0.15) is 0 Å². The van der Waals surface area contributed by atoms with Crippen molar-refractivity contribution in [2.45, 2.75) is 0 Å². The highest BCUT2D eigenvalue weighted by Gasteiger charge is 2.37. The molecule has 0 saturated carbocycles. The number of aromatic nitrogens is 2. The topological polar surface area (TPSA) is 25.8 Å². The summed E-state index contributed by atoms with van der Waals surface area (Å²) in [6.07, 6.45) is 7.62. The van der Waals surface area contributed by atoms with Crippen molar-refractivity contribution >= 4 is 22.3 Å². The summed E-state index contributed by atoms with van der Waals surface area (Å²) in [5.41, 5.74) is 14.0. The third-order valence-electron chi connectivity index (χ3n) is 7.65. The van der Waals surface area contributed by atoms with Crippen molar-refractivity contribution < 1.29 is 0 Å². The van der Waals surface area contributed by atoms with Gasteiger partial charge < -0.3 is 0 Å². The summed E-state index contributed by atoms with van der Waals surface area (Å²) in [7, 11) is 0. The smallest absolute Gasteiger partial charge is 0.0346 e. The normalized spacial score (nSPS) is 12.6. The molecule has 198 valence electrons. The maximum absolute atomic E-state index is 4.55. The molecule has 0 unspecified atom stereocenters. The zero-order chi connectivity index (χ0) is 28.1. The molecule has 0 amide bonds. The first kappa shape index (κ1) is 25.4. The Labute approximate surface area is 246 Å². The van der Waals surface area contributed by atoms with Crippen LogP contribution < -0.4 is 0 Å². The molecule has 2 nitrogen and oxygen atoms in total. The fourth-order valence-corrected chi connectivity index (χ4v) is 5.87. The average molecular weight is 537 g/mol. The van der Waals surface area contributed by atoms with Crippen LogP contribution in [0.25, 0.3) is 22.3 Å². The van der Waals surface area contributed by atoms with Gasteiger partial charge in [0.15, 0.2) is 0 Å². The second-order valence-corrected chi connectivity index (χ2v) is 10.2. The van der Waals surface area contributed by atoms with Crippen molar-refractivity contribution in [1.82, 2.24) is 9.97 Å². The number of benzene rings is 4. The van der Waals surface area contributed by atoms with Gasteiger partial charge in [-0.15, -0.1) is 0 Å². The predicted molar refractivity (Wildman–Crippen MR) is 173 cm³/mol. The Morgan fingerprint density at radius 3 is 0.905 bits per heavy atom. The molecule has 1 aliphatic carbocycles. The summed E-state index contributed by atoms with van der Waals surface area (Å²) in [5.74, 6) is 0. The van der Waals surface area contributed by atoms with Crippen molar-refractivity contribution in [2.24, 2.45) is 0 Å². The molecular weight excluding hydrogens is 508 g/mol. The summed E-state index contributed by atoms with van der Waals surface area (Å²) in [6, 6.07) is 51.3. The van der Waals surface area contributed by atoms with Crippen molar-refractivity contribution in [3.8, 4) is 0 Å². The number of allylic oxidation sites excluding steroid dienone is 4. The average Bonchev–Trinajstić information content (AvgIpc) is 3.07. The molecule has 0 spiro atoms. The van der Waals surface area contributed by atoms with Gasteiger partial charge >= 0.3 is 0 Å². The third kappa shape index (κ3) is 4.70. The van der Waals surface area contributed by atoms with Gasteiger partial charge in [0.2, 0.25) is 0 Å². The Morgan fingerprint density at radius 2 is 0.643 bits per heavy atom. The van der Waals surface area contributed by atoms with E-state index in [4.69, 9.17) is 0 Å². The van der Waals surface area contributed by atoms with Crippen LogP contribution in [0.4, 0.5) is 0 Å². The molecule has 0 radical (unpaired) electrons. The summed E-state index contributed by atoms with van der Waals surface area (Å²) in [5, 5.41) is 0. The van der Waals surface area contributed by atoms with Gasteiger partial charge in [0.05, 0.1) is 0 Å². The first-order chi connectivity index (χ1) is 20.9. The fourth-order valence-electron chi connectivity index (χ4n) is 5.87. The minimum absolute atomic E-state index is 1.08. The van der Waals surface area contributed by atoms with E-state index in [-0.39, 0.29) is 0 Å². The van der Waals surface area contributed by atoms with Crippen LogP contribution in [0, 0.1) is 0 Å². The quantitative estimate of drug-likeness (QED) is 0.212. The SMILES string of the molecule is c1ccc(C(=C2C(=C(c3ccccc3)c3ccccc3)C(c3cccnc3)=C2c2cccnc2)c2ccccc2)cc1. The summed E-state index contributed by atoms with van der Waals surface area (Å²) >= 11 is 0. The Bertz CT molecular complexity index is 1680. The van der Waals surface area contributed by atoms with Gasteiger partial charge in [-0.25, -0.2) is 0 Å². The molecule has 2 aromatic heterocycles. The van der Waals surface area contributed by atoms with E-state index in [1.54, 1.807) is 0 Å². The van der Waals surface area contributed by atoms with Gasteiger partial charge in [0.25, 0.3) is 0 Å². The van der Waals surface area contributed by atoms with Crippen LogP contribution in [0.2, 0.25) is 0 Å². The number of hydrogen-bond donors (Lipinski definition) is 0. The molecule has 0 atom stereocenters. The van der Waals surface area contributed by atoms with E-state index in [9.17, 15) is 0 Å².